The number of fused-ring (bicyclic) bond motifs is 1. The third-order valence-corrected chi connectivity index (χ3v) is 8.11. The molecule has 4 aromatic rings. The Morgan fingerprint density at radius 1 is 0.838 bits per heavy atom. The molecule has 5 rings (SSSR count). The third-order valence-electron chi connectivity index (χ3n) is 5.72. The van der Waals surface area contributed by atoms with Crippen LogP contribution < -0.4 is 19.1 Å². The second-order valence-electron chi connectivity index (χ2n) is 8.27. The van der Waals surface area contributed by atoms with Crippen molar-refractivity contribution in [3.63, 3.8) is 0 Å². The molecule has 1 N–H and O–H groups in total. The van der Waals surface area contributed by atoms with Crippen LogP contribution in [-0.2, 0) is 16.6 Å². The summed E-state index contributed by atoms with van der Waals surface area (Å²) in [5.41, 5.74) is 2.15. The molecule has 4 aromatic carbocycles. The first kappa shape index (κ1) is 24.7. The van der Waals surface area contributed by atoms with Crippen LogP contribution in [0.4, 0.5) is 5.69 Å². The van der Waals surface area contributed by atoms with Crippen LogP contribution in [0.5, 0.6) is 11.5 Å². The quantitative estimate of drug-likeness (QED) is 0.232. The molecule has 0 spiro atoms. The van der Waals surface area contributed by atoms with Crippen LogP contribution in [0.15, 0.2) is 113 Å². The lowest BCUT2D eigenvalue weighted by Gasteiger charge is -2.25. The van der Waals surface area contributed by atoms with Crippen molar-refractivity contribution in [3.05, 3.63) is 114 Å². The number of nitrogens with zero attached hydrogens (tertiary/aromatic N) is 1. The van der Waals surface area contributed by atoms with Gasteiger partial charge in [0.05, 0.1) is 10.8 Å². The van der Waals surface area contributed by atoms with Gasteiger partial charge in [-0.3, -0.25) is 4.79 Å². The van der Waals surface area contributed by atoms with E-state index in [0.29, 0.717) is 18.2 Å². The molecule has 0 unspecified atom stereocenters. The van der Waals surface area contributed by atoms with Crippen molar-refractivity contribution in [2.45, 2.75) is 16.3 Å². The second kappa shape index (κ2) is 11.0. The fraction of sp³-hybridized carbons (Fsp3) is 0.107. The Bertz CT molecular complexity index is 1480. The van der Waals surface area contributed by atoms with Crippen LogP contribution in [0.3, 0.4) is 0 Å². The summed E-state index contributed by atoms with van der Waals surface area (Å²) in [4.78, 5) is 15.7. The summed E-state index contributed by atoms with van der Waals surface area (Å²) in [7, 11) is -4.02. The number of hydrogen-bond acceptors (Lipinski definition) is 7. The zero-order chi connectivity index (χ0) is 25.7. The summed E-state index contributed by atoms with van der Waals surface area (Å²) in [5.74, 6) is 1.40. The highest BCUT2D eigenvalue weighted by molar-refractivity contribution is 7.99. The summed E-state index contributed by atoms with van der Waals surface area (Å²) in [6.45, 7) is 0.788. The molecule has 0 radical (unpaired) electrons. The number of amides is 1. The van der Waals surface area contributed by atoms with Gasteiger partial charge < -0.3 is 14.4 Å². The van der Waals surface area contributed by atoms with Crippen molar-refractivity contribution in [2.24, 2.45) is 0 Å². The molecule has 0 atom stereocenters. The van der Waals surface area contributed by atoms with Gasteiger partial charge in [0.1, 0.15) is 0 Å². The number of carbonyl (C=O) groups excluding carboxylic acids is 1. The minimum absolute atomic E-state index is 0.0132. The van der Waals surface area contributed by atoms with Gasteiger partial charge in [-0.2, -0.15) is 0 Å². The molecular formula is C28H24N2O5S2. The van der Waals surface area contributed by atoms with Gasteiger partial charge in [0.15, 0.2) is 11.5 Å². The fourth-order valence-electron chi connectivity index (χ4n) is 3.81. The van der Waals surface area contributed by atoms with Crippen LogP contribution in [0.25, 0.3) is 0 Å². The van der Waals surface area contributed by atoms with Gasteiger partial charge in [-0.15, -0.1) is 11.8 Å². The highest BCUT2D eigenvalue weighted by Gasteiger charge is 2.20. The number of rotatable bonds is 9. The summed E-state index contributed by atoms with van der Waals surface area (Å²) in [6.07, 6.45) is 0. The van der Waals surface area contributed by atoms with Crippen LogP contribution in [-0.4, -0.2) is 27.0 Å². The van der Waals surface area contributed by atoms with Gasteiger partial charge in [0.25, 0.3) is 15.9 Å². The van der Waals surface area contributed by atoms with Crippen molar-refractivity contribution in [3.8, 4) is 11.5 Å². The number of anilines is 1. The molecule has 1 aliphatic rings. The number of benzene rings is 4. The van der Waals surface area contributed by atoms with E-state index in [9.17, 15) is 13.2 Å². The number of sulfonamides is 1. The number of hydrogen-bond donors (Lipinski definition) is 1. The molecule has 1 heterocycles. The van der Waals surface area contributed by atoms with Gasteiger partial charge in [-0.05, 0) is 66.2 Å². The topological polar surface area (TPSA) is 84.9 Å². The average molecular weight is 533 g/mol. The molecule has 188 valence electrons. The molecule has 0 saturated heterocycles. The molecule has 9 heteroatoms. The van der Waals surface area contributed by atoms with Crippen molar-refractivity contribution in [1.82, 2.24) is 4.72 Å². The fourth-order valence-corrected chi connectivity index (χ4v) is 5.67. The van der Waals surface area contributed by atoms with Crippen LogP contribution >= 0.6 is 11.8 Å². The first-order valence-electron chi connectivity index (χ1n) is 11.5. The first-order valence-corrected chi connectivity index (χ1v) is 14.0. The Balaban J connectivity index is 1.35. The van der Waals surface area contributed by atoms with E-state index in [2.05, 4.69) is 21.8 Å². The second-order valence-corrected chi connectivity index (χ2v) is 11.0. The predicted octanol–water partition coefficient (Wildman–Crippen LogP) is 5.29. The Kier molecular flexibility index (Phi) is 7.34. The first-order chi connectivity index (χ1) is 18.0. The van der Waals surface area contributed by atoms with Gasteiger partial charge >= 0.3 is 0 Å². The number of thioether (sulfide) groups is 1. The monoisotopic (exact) mass is 532 g/mol. The van der Waals surface area contributed by atoms with E-state index in [4.69, 9.17) is 9.47 Å². The van der Waals surface area contributed by atoms with Gasteiger partial charge in [0, 0.05) is 22.7 Å². The average Bonchev–Trinajstić information content (AvgIpc) is 3.40. The lowest BCUT2D eigenvalue weighted by Crippen LogP contribution is -2.30. The largest absolute Gasteiger partial charge is 0.454 e. The zero-order valence-electron chi connectivity index (χ0n) is 19.7. The van der Waals surface area contributed by atoms with Crippen LogP contribution in [0.1, 0.15) is 15.9 Å². The van der Waals surface area contributed by atoms with Crippen molar-refractivity contribution >= 4 is 33.4 Å². The lowest BCUT2D eigenvalue weighted by atomic mass is 10.2. The molecule has 0 fully saturated rings. The molecule has 0 bridgehead atoms. The predicted molar refractivity (Wildman–Crippen MR) is 143 cm³/mol. The normalized spacial score (nSPS) is 12.2. The summed E-state index contributed by atoms with van der Waals surface area (Å²) in [5, 5.41) is 0. The van der Waals surface area contributed by atoms with E-state index in [0.717, 1.165) is 21.9 Å². The van der Waals surface area contributed by atoms with E-state index >= 15 is 0 Å². The van der Waals surface area contributed by atoms with Gasteiger partial charge in [0.2, 0.25) is 6.79 Å². The maximum absolute atomic E-state index is 12.8. The smallest absolute Gasteiger partial charge is 0.264 e. The molecule has 0 aliphatic carbocycles. The molecule has 1 amide bonds. The molecule has 0 aromatic heterocycles. The molecular weight excluding hydrogens is 508 g/mol. The van der Waals surface area contributed by atoms with Crippen LogP contribution in [0.2, 0.25) is 0 Å². The highest BCUT2D eigenvalue weighted by atomic mass is 32.2. The van der Waals surface area contributed by atoms with E-state index in [-0.39, 0.29) is 17.3 Å². The molecule has 0 saturated carbocycles. The molecule has 7 nitrogen and oxygen atoms in total. The maximum atomic E-state index is 12.8. The number of nitrogens with one attached hydrogen (secondary N) is 1. The maximum Gasteiger partial charge on any atom is 0.264 e. The summed E-state index contributed by atoms with van der Waals surface area (Å²) in [6, 6.07) is 30.7. The van der Waals surface area contributed by atoms with Gasteiger partial charge in [-0.1, -0.05) is 42.5 Å². The van der Waals surface area contributed by atoms with E-state index in [1.165, 1.54) is 12.1 Å². The van der Waals surface area contributed by atoms with Crippen molar-refractivity contribution in [2.75, 3.05) is 17.6 Å². The summed E-state index contributed by atoms with van der Waals surface area (Å²) < 4.78 is 38.7. The third kappa shape index (κ3) is 6.07. The SMILES string of the molecule is O=C(NS(=O)(=O)c1ccc(N(CSc2ccccc2)Cc2ccc3c(c2)OCO3)cc1)c1ccccc1. The number of ether oxygens (including phenoxy) is 2. The molecule has 37 heavy (non-hydrogen) atoms. The Labute approximate surface area is 220 Å². The van der Waals surface area contributed by atoms with Gasteiger partial charge in [-0.25, -0.2) is 13.1 Å². The van der Waals surface area contributed by atoms with E-state index in [1.54, 1.807) is 54.2 Å². The van der Waals surface area contributed by atoms with Crippen molar-refractivity contribution < 1.29 is 22.7 Å². The number of carbonyl (C=O) groups is 1. The van der Waals surface area contributed by atoms with E-state index < -0.39 is 15.9 Å². The lowest BCUT2D eigenvalue weighted by molar-refractivity contribution is 0.0981. The van der Waals surface area contributed by atoms with Crippen LogP contribution in [0, 0.1) is 0 Å². The summed E-state index contributed by atoms with van der Waals surface area (Å²) >= 11 is 1.68. The Hall–Kier alpha value is -3.95. The minimum Gasteiger partial charge on any atom is -0.454 e. The standard InChI is InChI=1S/C28H24N2O5S2/c31-28(22-7-3-1-4-8-22)29-37(32,33)25-14-12-23(13-15-25)30(19-36-24-9-5-2-6-10-24)18-21-11-16-26-27(17-21)35-20-34-26/h1-17H,18-20H2,(H,29,31). The highest BCUT2D eigenvalue weighted by Crippen LogP contribution is 2.34. The minimum atomic E-state index is -4.02. The zero-order valence-corrected chi connectivity index (χ0v) is 21.4. The van der Waals surface area contributed by atoms with Crippen molar-refractivity contribution in [1.29, 1.82) is 0 Å². The Morgan fingerprint density at radius 3 is 2.24 bits per heavy atom. The van der Waals surface area contributed by atoms with E-state index in [1.807, 2.05) is 36.4 Å². The molecule has 1 aliphatic heterocycles. The Morgan fingerprint density at radius 2 is 1.51 bits per heavy atom.